The number of unbranched alkanes of at least 4 members (excludes halogenated alkanes) is 2. The van der Waals surface area contributed by atoms with Crippen LogP contribution in [0.2, 0.25) is 0 Å². The van der Waals surface area contributed by atoms with Gasteiger partial charge in [0, 0.05) is 18.6 Å². The second kappa shape index (κ2) is 6.49. The first kappa shape index (κ1) is 13.0. The Balaban J connectivity index is 2.21. The summed E-state index contributed by atoms with van der Waals surface area (Å²) in [5.74, 6) is 0.735. The van der Waals surface area contributed by atoms with E-state index in [0.29, 0.717) is 6.04 Å². The molecule has 0 aliphatic carbocycles. The summed E-state index contributed by atoms with van der Waals surface area (Å²) in [5.41, 5.74) is 5.96. The van der Waals surface area contributed by atoms with Crippen LogP contribution in [-0.2, 0) is 0 Å². The predicted octanol–water partition coefficient (Wildman–Crippen LogP) is 2.62. The molecule has 0 radical (unpaired) electrons. The Morgan fingerprint density at radius 3 is 2.60 bits per heavy atom. The molecule has 3 atom stereocenters. The van der Waals surface area contributed by atoms with Crippen LogP contribution in [0.5, 0.6) is 0 Å². The Kier molecular flexibility index (Phi) is 5.62. The van der Waals surface area contributed by atoms with Crippen molar-refractivity contribution in [2.24, 2.45) is 11.7 Å². The highest BCUT2D eigenvalue weighted by molar-refractivity contribution is 4.83. The quantitative estimate of drug-likeness (QED) is 0.686. The summed E-state index contributed by atoms with van der Waals surface area (Å²) in [6.07, 6.45) is 6.76. The zero-order valence-corrected chi connectivity index (χ0v) is 10.7. The predicted molar refractivity (Wildman–Crippen MR) is 66.9 cm³/mol. The molecule has 0 aromatic heterocycles. The van der Waals surface area contributed by atoms with Gasteiger partial charge in [0.2, 0.25) is 0 Å². The topological polar surface area (TPSA) is 29.3 Å². The average molecular weight is 212 g/mol. The molecular weight excluding hydrogens is 184 g/mol. The molecule has 1 aliphatic rings. The highest BCUT2D eigenvalue weighted by Crippen LogP contribution is 2.22. The van der Waals surface area contributed by atoms with Crippen LogP contribution in [0.1, 0.15) is 52.9 Å². The summed E-state index contributed by atoms with van der Waals surface area (Å²) in [4.78, 5) is 2.63. The molecule has 2 heteroatoms. The first-order valence-corrected chi connectivity index (χ1v) is 6.64. The summed E-state index contributed by atoms with van der Waals surface area (Å²) < 4.78 is 0. The van der Waals surface area contributed by atoms with Crippen LogP contribution in [0.4, 0.5) is 0 Å². The van der Waals surface area contributed by atoms with Crippen molar-refractivity contribution in [2.75, 3.05) is 13.1 Å². The number of hydrogen-bond donors (Lipinski definition) is 1. The highest BCUT2D eigenvalue weighted by atomic mass is 15.2. The molecule has 2 nitrogen and oxygen atoms in total. The molecule has 3 unspecified atom stereocenters. The van der Waals surface area contributed by atoms with Crippen molar-refractivity contribution in [3.63, 3.8) is 0 Å². The van der Waals surface area contributed by atoms with Gasteiger partial charge in [0.25, 0.3) is 0 Å². The Hall–Kier alpha value is -0.0800. The second-order valence-corrected chi connectivity index (χ2v) is 5.25. The van der Waals surface area contributed by atoms with Crippen molar-refractivity contribution in [3.05, 3.63) is 0 Å². The number of nitrogens with two attached hydrogens (primary N) is 1. The second-order valence-electron chi connectivity index (χ2n) is 5.25. The fraction of sp³-hybridized carbons (Fsp3) is 1.00. The van der Waals surface area contributed by atoms with E-state index < -0.39 is 0 Å². The minimum absolute atomic E-state index is 0.373. The van der Waals surface area contributed by atoms with E-state index >= 15 is 0 Å². The molecular formula is C13H28N2. The summed E-state index contributed by atoms with van der Waals surface area (Å²) in [7, 11) is 0. The van der Waals surface area contributed by atoms with Gasteiger partial charge in [-0.05, 0) is 39.2 Å². The zero-order valence-electron chi connectivity index (χ0n) is 10.7. The van der Waals surface area contributed by atoms with Crippen molar-refractivity contribution in [1.29, 1.82) is 0 Å². The molecule has 1 heterocycles. The third-order valence-electron chi connectivity index (χ3n) is 3.85. The van der Waals surface area contributed by atoms with Gasteiger partial charge in [0.15, 0.2) is 0 Å². The summed E-state index contributed by atoms with van der Waals surface area (Å²) in [6, 6.07) is 1.14. The first-order valence-electron chi connectivity index (χ1n) is 6.64. The molecule has 0 aromatic carbocycles. The standard InChI is InChI=1S/C13H28N2/c1-4-5-6-7-11(2)15-9-8-13(10-15)12(3)14/h11-13H,4-10,14H2,1-3H3. The summed E-state index contributed by atoms with van der Waals surface area (Å²) in [6.45, 7) is 9.28. The molecule has 1 aliphatic heterocycles. The van der Waals surface area contributed by atoms with E-state index in [2.05, 4.69) is 25.7 Å². The van der Waals surface area contributed by atoms with Crippen molar-refractivity contribution < 1.29 is 0 Å². The Morgan fingerprint density at radius 2 is 2.07 bits per heavy atom. The smallest absolute Gasteiger partial charge is 0.00670 e. The van der Waals surface area contributed by atoms with Gasteiger partial charge in [0.1, 0.15) is 0 Å². The fourth-order valence-corrected chi connectivity index (χ4v) is 2.52. The maximum atomic E-state index is 5.96. The van der Waals surface area contributed by atoms with Gasteiger partial charge in [0.05, 0.1) is 0 Å². The van der Waals surface area contributed by atoms with Gasteiger partial charge < -0.3 is 10.6 Å². The molecule has 0 aromatic rings. The van der Waals surface area contributed by atoms with Gasteiger partial charge in [-0.1, -0.05) is 26.2 Å². The third kappa shape index (κ3) is 4.12. The molecule has 1 rings (SSSR count). The molecule has 15 heavy (non-hydrogen) atoms. The van der Waals surface area contributed by atoms with Crippen molar-refractivity contribution in [2.45, 2.75) is 65.0 Å². The minimum atomic E-state index is 0.373. The van der Waals surface area contributed by atoms with Gasteiger partial charge in [-0.2, -0.15) is 0 Å². The van der Waals surface area contributed by atoms with Crippen LogP contribution in [-0.4, -0.2) is 30.1 Å². The van der Waals surface area contributed by atoms with E-state index in [9.17, 15) is 0 Å². The van der Waals surface area contributed by atoms with Crippen LogP contribution in [0.3, 0.4) is 0 Å². The van der Waals surface area contributed by atoms with Gasteiger partial charge in [-0.15, -0.1) is 0 Å². The van der Waals surface area contributed by atoms with Gasteiger partial charge in [-0.3, -0.25) is 0 Å². The van der Waals surface area contributed by atoms with Crippen molar-refractivity contribution in [3.8, 4) is 0 Å². The van der Waals surface area contributed by atoms with E-state index in [1.807, 2.05) is 0 Å². The first-order chi connectivity index (χ1) is 7.15. The Labute approximate surface area is 95.2 Å². The zero-order chi connectivity index (χ0) is 11.3. The van der Waals surface area contributed by atoms with Crippen LogP contribution in [0.15, 0.2) is 0 Å². The van der Waals surface area contributed by atoms with Crippen molar-refractivity contribution >= 4 is 0 Å². The Bertz CT molecular complexity index is 168. The summed E-state index contributed by atoms with van der Waals surface area (Å²) >= 11 is 0. The molecule has 0 bridgehead atoms. The lowest BCUT2D eigenvalue weighted by molar-refractivity contribution is 0.230. The molecule has 0 saturated carbocycles. The number of hydrogen-bond acceptors (Lipinski definition) is 2. The number of nitrogens with zero attached hydrogens (tertiary/aromatic N) is 1. The van der Waals surface area contributed by atoms with E-state index in [4.69, 9.17) is 5.73 Å². The normalized spacial score (nSPS) is 26.8. The summed E-state index contributed by atoms with van der Waals surface area (Å²) in [5, 5.41) is 0. The molecule has 1 fully saturated rings. The lowest BCUT2D eigenvalue weighted by Gasteiger charge is -2.25. The lowest BCUT2D eigenvalue weighted by Crippen LogP contribution is -2.34. The van der Waals surface area contributed by atoms with Gasteiger partial charge in [-0.25, -0.2) is 0 Å². The molecule has 1 saturated heterocycles. The average Bonchev–Trinajstić information content (AvgIpc) is 2.66. The SMILES string of the molecule is CCCCCC(C)N1CCC(C(C)N)C1. The minimum Gasteiger partial charge on any atom is -0.328 e. The van der Waals surface area contributed by atoms with E-state index in [-0.39, 0.29) is 0 Å². The van der Waals surface area contributed by atoms with Crippen LogP contribution in [0, 0.1) is 5.92 Å². The van der Waals surface area contributed by atoms with Gasteiger partial charge >= 0.3 is 0 Å². The Morgan fingerprint density at radius 1 is 1.33 bits per heavy atom. The molecule has 90 valence electrons. The lowest BCUT2D eigenvalue weighted by atomic mass is 10.0. The molecule has 0 spiro atoms. The third-order valence-corrected chi connectivity index (χ3v) is 3.85. The monoisotopic (exact) mass is 212 g/mol. The highest BCUT2D eigenvalue weighted by Gasteiger charge is 2.27. The van der Waals surface area contributed by atoms with Crippen LogP contribution >= 0.6 is 0 Å². The fourth-order valence-electron chi connectivity index (χ4n) is 2.52. The molecule has 0 amide bonds. The maximum absolute atomic E-state index is 5.96. The largest absolute Gasteiger partial charge is 0.328 e. The van der Waals surface area contributed by atoms with Crippen LogP contribution < -0.4 is 5.73 Å². The van der Waals surface area contributed by atoms with E-state index in [0.717, 1.165) is 12.0 Å². The van der Waals surface area contributed by atoms with E-state index in [1.165, 1.54) is 45.2 Å². The number of likely N-dealkylation sites (tertiary alicyclic amines) is 1. The molecule has 2 N–H and O–H groups in total. The number of rotatable bonds is 6. The maximum Gasteiger partial charge on any atom is 0.00670 e. The van der Waals surface area contributed by atoms with Crippen LogP contribution in [0.25, 0.3) is 0 Å². The van der Waals surface area contributed by atoms with E-state index in [1.54, 1.807) is 0 Å². The van der Waals surface area contributed by atoms with Crippen molar-refractivity contribution in [1.82, 2.24) is 4.90 Å².